The van der Waals surface area contributed by atoms with Gasteiger partial charge in [-0.3, -0.25) is 0 Å². The number of esters is 1. The molecule has 88 valence electrons. The fraction of sp³-hybridized carbons (Fsp3) is 0.727. The zero-order chi connectivity index (χ0) is 11.7. The van der Waals surface area contributed by atoms with Gasteiger partial charge in [-0.2, -0.15) is 0 Å². The summed E-state index contributed by atoms with van der Waals surface area (Å²) in [6.07, 6.45) is 3.03. The number of methoxy groups -OCH3 is 1. The Morgan fingerprint density at radius 3 is 2.53 bits per heavy atom. The van der Waals surface area contributed by atoms with Crippen LogP contribution in [0.3, 0.4) is 0 Å². The molecule has 0 aromatic rings. The SMILES string of the molecule is CCN(CC)CC(C)N/C=C/C(=O)OC. The van der Waals surface area contributed by atoms with E-state index in [4.69, 9.17) is 0 Å². The van der Waals surface area contributed by atoms with Crippen LogP contribution in [-0.2, 0) is 9.53 Å². The summed E-state index contributed by atoms with van der Waals surface area (Å²) >= 11 is 0. The quantitative estimate of drug-likeness (QED) is 0.507. The van der Waals surface area contributed by atoms with Gasteiger partial charge < -0.3 is 15.0 Å². The first kappa shape index (κ1) is 14.0. The summed E-state index contributed by atoms with van der Waals surface area (Å²) in [5, 5.41) is 3.12. The molecule has 0 aliphatic heterocycles. The van der Waals surface area contributed by atoms with Crippen molar-refractivity contribution >= 4 is 5.97 Å². The average molecular weight is 214 g/mol. The van der Waals surface area contributed by atoms with Crippen molar-refractivity contribution < 1.29 is 9.53 Å². The Bertz CT molecular complexity index is 201. The van der Waals surface area contributed by atoms with E-state index in [2.05, 4.69) is 35.7 Å². The molecule has 0 rings (SSSR count). The molecule has 0 aliphatic carbocycles. The van der Waals surface area contributed by atoms with Gasteiger partial charge in [-0.15, -0.1) is 0 Å². The number of likely N-dealkylation sites (N-methyl/N-ethyl adjacent to an activating group) is 1. The zero-order valence-corrected chi connectivity index (χ0v) is 10.1. The summed E-state index contributed by atoms with van der Waals surface area (Å²) in [6.45, 7) is 9.42. The average Bonchev–Trinajstić information content (AvgIpc) is 2.25. The highest BCUT2D eigenvalue weighted by atomic mass is 16.5. The van der Waals surface area contributed by atoms with E-state index in [0.29, 0.717) is 6.04 Å². The summed E-state index contributed by atoms with van der Waals surface area (Å²) < 4.78 is 4.48. The molecule has 0 aromatic carbocycles. The molecule has 0 aromatic heterocycles. The van der Waals surface area contributed by atoms with Gasteiger partial charge in [0.25, 0.3) is 0 Å². The molecule has 0 aliphatic rings. The number of ether oxygens (including phenoxy) is 1. The Hall–Kier alpha value is -1.03. The van der Waals surface area contributed by atoms with Gasteiger partial charge >= 0.3 is 5.97 Å². The van der Waals surface area contributed by atoms with Crippen molar-refractivity contribution in [3.8, 4) is 0 Å². The van der Waals surface area contributed by atoms with Crippen LogP contribution in [0, 0.1) is 0 Å². The van der Waals surface area contributed by atoms with Gasteiger partial charge in [0, 0.05) is 24.9 Å². The minimum Gasteiger partial charge on any atom is -0.466 e. The second-order valence-electron chi connectivity index (χ2n) is 3.41. The third kappa shape index (κ3) is 6.96. The van der Waals surface area contributed by atoms with Crippen LogP contribution in [-0.4, -0.2) is 43.7 Å². The summed E-state index contributed by atoms with van der Waals surface area (Å²) in [4.78, 5) is 13.1. The van der Waals surface area contributed by atoms with Gasteiger partial charge in [0.05, 0.1) is 7.11 Å². The molecule has 1 atom stereocenters. The van der Waals surface area contributed by atoms with Crippen molar-refractivity contribution in [1.82, 2.24) is 10.2 Å². The summed E-state index contributed by atoms with van der Waals surface area (Å²) in [5.41, 5.74) is 0. The Morgan fingerprint density at radius 2 is 2.07 bits per heavy atom. The van der Waals surface area contributed by atoms with Crippen LogP contribution in [0.25, 0.3) is 0 Å². The molecule has 0 spiro atoms. The number of carbonyl (C=O) groups is 1. The molecule has 0 saturated carbocycles. The van der Waals surface area contributed by atoms with Crippen LogP contribution < -0.4 is 5.32 Å². The van der Waals surface area contributed by atoms with E-state index < -0.39 is 0 Å². The van der Waals surface area contributed by atoms with Crippen molar-refractivity contribution in [3.05, 3.63) is 12.3 Å². The van der Waals surface area contributed by atoms with Gasteiger partial charge in [0.2, 0.25) is 0 Å². The molecule has 0 amide bonds. The van der Waals surface area contributed by atoms with Gasteiger partial charge in [-0.25, -0.2) is 4.79 Å². The lowest BCUT2D eigenvalue weighted by Crippen LogP contribution is -2.36. The topological polar surface area (TPSA) is 41.6 Å². The van der Waals surface area contributed by atoms with E-state index >= 15 is 0 Å². The van der Waals surface area contributed by atoms with Crippen molar-refractivity contribution in [2.75, 3.05) is 26.7 Å². The molecule has 0 bridgehead atoms. The zero-order valence-electron chi connectivity index (χ0n) is 10.1. The molecule has 4 heteroatoms. The minimum atomic E-state index is -0.336. The van der Waals surface area contributed by atoms with E-state index in [1.165, 1.54) is 13.2 Å². The summed E-state index contributed by atoms with van der Waals surface area (Å²) in [7, 11) is 1.37. The van der Waals surface area contributed by atoms with Crippen LogP contribution in [0.5, 0.6) is 0 Å². The Labute approximate surface area is 92.3 Å². The third-order valence-corrected chi connectivity index (χ3v) is 2.23. The maximum atomic E-state index is 10.8. The Kier molecular flexibility index (Phi) is 7.72. The molecular weight excluding hydrogens is 192 g/mol. The molecule has 15 heavy (non-hydrogen) atoms. The lowest BCUT2D eigenvalue weighted by Gasteiger charge is -2.22. The van der Waals surface area contributed by atoms with E-state index in [0.717, 1.165) is 19.6 Å². The van der Waals surface area contributed by atoms with Crippen LogP contribution in [0.15, 0.2) is 12.3 Å². The minimum absolute atomic E-state index is 0.325. The van der Waals surface area contributed by atoms with Gasteiger partial charge in [-0.05, 0) is 20.0 Å². The first-order valence-corrected chi connectivity index (χ1v) is 5.36. The molecule has 0 fully saturated rings. The maximum absolute atomic E-state index is 10.8. The number of carbonyl (C=O) groups excluding carboxylic acids is 1. The molecule has 4 nitrogen and oxygen atoms in total. The van der Waals surface area contributed by atoms with Gasteiger partial charge in [-0.1, -0.05) is 13.8 Å². The predicted molar refractivity (Wildman–Crippen MR) is 61.5 cm³/mol. The van der Waals surface area contributed by atoms with E-state index in [-0.39, 0.29) is 5.97 Å². The fourth-order valence-corrected chi connectivity index (χ4v) is 1.27. The van der Waals surface area contributed by atoms with E-state index in [9.17, 15) is 4.79 Å². The number of hydrogen-bond acceptors (Lipinski definition) is 4. The predicted octanol–water partition coefficient (Wildman–Crippen LogP) is 0.993. The van der Waals surface area contributed by atoms with Gasteiger partial charge in [0.1, 0.15) is 0 Å². The van der Waals surface area contributed by atoms with Crippen LogP contribution in [0.2, 0.25) is 0 Å². The smallest absolute Gasteiger partial charge is 0.331 e. The van der Waals surface area contributed by atoms with Gasteiger partial charge in [0.15, 0.2) is 0 Å². The second kappa shape index (κ2) is 8.29. The Balaban J connectivity index is 3.78. The number of nitrogens with one attached hydrogen (secondary N) is 1. The molecular formula is C11H22N2O2. The molecule has 0 saturated heterocycles. The largest absolute Gasteiger partial charge is 0.466 e. The normalized spacial score (nSPS) is 13.1. The van der Waals surface area contributed by atoms with Crippen LogP contribution in [0.4, 0.5) is 0 Å². The highest BCUT2D eigenvalue weighted by Gasteiger charge is 2.04. The standard InChI is InChI=1S/C11H22N2O2/c1-5-13(6-2)9-10(3)12-8-7-11(14)15-4/h7-8,10,12H,5-6,9H2,1-4H3/b8-7+. The number of hydrogen-bond donors (Lipinski definition) is 1. The highest BCUT2D eigenvalue weighted by molar-refractivity contribution is 5.81. The second-order valence-corrected chi connectivity index (χ2v) is 3.41. The number of nitrogens with zero attached hydrogens (tertiary/aromatic N) is 1. The molecule has 1 N–H and O–H groups in total. The van der Waals surface area contributed by atoms with Crippen molar-refractivity contribution in [3.63, 3.8) is 0 Å². The monoisotopic (exact) mass is 214 g/mol. The first-order chi connectivity index (χ1) is 7.13. The highest BCUT2D eigenvalue weighted by Crippen LogP contribution is 1.91. The molecule has 1 unspecified atom stereocenters. The molecule has 0 radical (unpaired) electrons. The van der Waals surface area contributed by atoms with Crippen molar-refractivity contribution in [2.45, 2.75) is 26.8 Å². The van der Waals surface area contributed by atoms with Crippen molar-refractivity contribution in [1.29, 1.82) is 0 Å². The lowest BCUT2D eigenvalue weighted by atomic mass is 10.3. The number of rotatable bonds is 7. The Morgan fingerprint density at radius 1 is 1.47 bits per heavy atom. The lowest BCUT2D eigenvalue weighted by molar-refractivity contribution is -0.134. The fourth-order valence-electron chi connectivity index (χ4n) is 1.27. The first-order valence-electron chi connectivity index (χ1n) is 5.36. The van der Waals surface area contributed by atoms with Crippen LogP contribution in [0.1, 0.15) is 20.8 Å². The molecule has 0 heterocycles. The summed E-state index contributed by atoms with van der Waals surface area (Å²) in [6, 6.07) is 0.325. The third-order valence-electron chi connectivity index (χ3n) is 2.23. The van der Waals surface area contributed by atoms with E-state index in [1.807, 2.05) is 0 Å². The summed E-state index contributed by atoms with van der Waals surface area (Å²) in [5.74, 6) is -0.336. The van der Waals surface area contributed by atoms with E-state index in [1.54, 1.807) is 6.20 Å². The van der Waals surface area contributed by atoms with Crippen molar-refractivity contribution in [2.24, 2.45) is 0 Å². The van der Waals surface area contributed by atoms with Crippen LogP contribution >= 0.6 is 0 Å². The maximum Gasteiger partial charge on any atom is 0.331 e.